The first kappa shape index (κ1) is 13.1. The third-order valence-electron chi connectivity index (χ3n) is 1.69. The van der Waals surface area contributed by atoms with Crippen LogP contribution < -0.4 is 9.57 Å². The van der Waals surface area contributed by atoms with E-state index in [1.165, 1.54) is 6.07 Å². The first-order valence-corrected chi connectivity index (χ1v) is 4.39. The molecule has 1 aromatic rings. The van der Waals surface area contributed by atoms with Gasteiger partial charge in [-0.05, 0) is 12.1 Å². The van der Waals surface area contributed by atoms with Gasteiger partial charge in [0, 0.05) is 6.08 Å². The Hall–Kier alpha value is -2.97. The van der Waals surface area contributed by atoms with Crippen LogP contribution in [0.2, 0.25) is 0 Å². The molecule has 9 heteroatoms. The van der Waals surface area contributed by atoms with Crippen LogP contribution in [0.5, 0.6) is 11.5 Å². The number of carbonyl (C=O) groups excluding carboxylic acids is 1. The standard InChI is InChI=1S/C9H6N2O7/c1-2-8(12)17-6-4-3-5-7(18-11(15)16)9(6)10(13)14/h2-5H,1H2. The lowest BCUT2D eigenvalue weighted by molar-refractivity contribution is -0.711. The summed E-state index contributed by atoms with van der Waals surface area (Å²) in [4.78, 5) is 35.0. The fraction of sp³-hybridized carbons (Fsp3) is 0. The van der Waals surface area contributed by atoms with E-state index >= 15 is 0 Å². The van der Waals surface area contributed by atoms with Crippen molar-refractivity contribution in [2.45, 2.75) is 0 Å². The SMILES string of the molecule is C=CC(=O)Oc1cccc(O[N+](=O)[O-])c1[N+](=O)[O-]. The van der Waals surface area contributed by atoms with Crippen molar-refractivity contribution in [2.24, 2.45) is 0 Å². The van der Waals surface area contributed by atoms with E-state index in [-0.39, 0.29) is 0 Å². The van der Waals surface area contributed by atoms with Crippen molar-refractivity contribution < 1.29 is 24.4 Å². The summed E-state index contributed by atoms with van der Waals surface area (Å²) in [6, 6.07) is 3.32. The molecular weight excluding hydrogens is 248 g/mol. The maximum absolute atomic E-state index is 11.0. The van der Waals surface area contributed by atoms with Crippen molar-refractivity contribution in [3.8, 4) is 11.5 Å². The second kappa shape index (κ2) is 5.39. The Morgan fingerprint density at radius 3 is 2.39 bits per heavy atom. The number of hydrogen-bond donors (Lipinski definition) is 0. The summed E-state index contributed by atoms with van der Waals surface area (Å²) in [5.41, 5.74) is -0.815. The predicted octanol–water partition coefficient (Wildman–Crippen LogP) is 1.26. The maximum atomic E-state index is 11.0. The molecule has 0 radical (unpaired) electrons. The normalized spacial score (nSPS) is 9.33. The van der Waals surface area contributed by atoms with E-state index in [9.17, 15) is 25.0 Å². The van der Waals surface area contributed by atoms with Gasteiger partial charge in [-0.25, -0.2) is 4.79 Å². The molecule has 0 spiro atoms. The Morgan fingerprint density at radius 1 is 1.28 bits per heavy atom. The molecule has 0 heterocycles. The lowest BCUT2D eigenvalue weighted by Gasteiger charge is -2.05. The quantitative estimate of drug-likeness (QED) is 0.255. The number of nitrogens with zero attached hydrogens (tertiary/aromatic N) is 2. The highest BCUT2D eigenvalue weighted by atomic mass is 17.0. The van der Waals surface area contributed by atoms with Crippen LogP contribution in [-0.2, 0) is 4.79 Å². The van der Waals surface area contributed by atoms with Crippen LogP contribution in [0.1, 0.15) is 0 Å². The fourth-order valence-corrected chi connectivity index (χ4v) is 1.07. The van der Waals surface area contributed by atoms with Crippen molar-refractivity contribution in [3.05, 3.63) is 51.1 Å². The molecule has 18 heavy (non-hydrogen) atoms. The molecule has 0 aromatic heterocycles. The summed E-state index contributed by atoms with van der Waals surface area (Å²) in [5, 5.41) is 19.7. The van der Waals surface area contributed by atoms with Gasteiger partial charge in [-0.2, -0.15) is 0 Å². The molecule has 1 rings (SSSR count). The Labute approximate surface area is 99.5 Å². The molecule has 0 N–H and O–H groups in total. The molecule has 0 aliphatic rings. The molecule has 94 valence electrons. The van der Waals surface area contributed by atoms with Crippen molar-refractivity contribution in [1.82, 2.24) is 0 Å². The van der Waals surface area contributed by atoms with Gasteiger partial charge in [-0.15, -0.1) is 10.1 Å². The smallest absolute Gasteiger partial charge is 0.341 e. The number of esters is 1. The van der Waals surface area contributed by atoms with Gasteiger partial charge in [-0.3, -0.25) is 15.0 Å². The summed E-state index contributed by atoms with van der Waals surface area (Å²) in [6.07, 6.45) is 0.796. The van der Waals surface area contributed by atoms with E-state index in [1.54, 1.807) is 0 Å². The van der Waals surface area contributed by atoms with Crippen molar-refractivity contribution in [1.29, 1.82) is 0 Å². The van der Waals surface area contributed by atoms with Gasteiger partial charge in [0.1, 0.15) is 0 Å². The van der Waals surface area contributed by atoms with Crippen LogP contribution >= 0.6 is 0 Å². The zero-order valence-corrected chi connectivity index (χ0v) is 8.77. The molecular formula is C9H6N2O7. The molecule has 0 amide bonds. The first-order chi connectivity index (χ1) is 8.45. The number of para-hydroxylation sites is 1. The first-order valence-electron chi connectivity index (χ1n) is 4.39. The highest BCUT2D eigenvalue weighted by Gasteiger charge is 2.24. The topological polar surface area (TPSA) is 122 Å². The molecule has 0 bridgehead atoms. The zero-order chi connectivity index (χ0) is 13.7. The number of hydrogen-bond acceptors (Lipinski definition) is 7. The van der Waals surface area contributed by atoms with E-state index < -0.39 is 33.2 Å². The van der Waals surface area contributed by atoms with E-state index in [0.717, 1.165) is 18.2 Å². The molecule has 0 unspecified atom stereocenters. The molecule has 9 nitrogen and oxygen atoms in total. The monoisotopic (exact) mass is 254 g/mol. The molecule has 0 fully saturated rings. The van der Waals surface area contributed by atoms with Gasteiger partial charge in [0.25, 0.3) is 5.09 Å². The van der Waals surface area contributed by atoms with E-state index in [4.69, 9.17) is 0 Å². The summed E-state index contributed by atoms with van der Waals surface area (Å²) >= 11 is 0. The highest BCUT2D eigenvalue weighted by molar-refractivity contribution is 5.84. The minimum absolute atomic E-state index is 0.468. The van der Waals surface area contributed by atoms with Gasteiger partial charge >= 0.3 is 11.7 Å². The van der Waals surface area contributed by atoms with Gasteiger partial charge in [0.15, 0.2) is 0 Å². The number of carbonyl (C=O) groups is 1. The highest BCUT2D eigenvalue weighted by Crippen LogP contribution is 2.36. The molecule has 0 saturated carbocycles. The minimum atomic E-state index is -1.21. The minimum Gasteiger partial charge on any atom is -0.416 e. The fourth-order valence-electron chi connectivity index (χ4n) is 1.07. The number of benzene rings is 1. The predicted molar refractivity (Wildman–Crippen MR) is 56.6 cm³/mol. The molecule has 0 aliphatic carbocycles. The molecule has 0 atom stereocenters. The van der Waals surface area contributed by atoms with E-state index in [1.807, 2.05) is 0 Å². The van der Waals surface area contributed by atoms with E-state index in [0.29, 0.717) is 0 Å². The van der Waals surface area contributed by atoms with Crippen LogP contribution in [0.15, 0.2) is 30.9 Å². The second-order valence-corrected chi connectivity index (χ2v) is 2.80. The van der Waals surface area contributed by atoms with Crippen LogP contribution in [0.25, 0.3) is 0 Å². The van der Waals surface area contributed by atoms with Gasteiger partial charge in [0.05, 0.1) is 4.92 Å². The van der Waals surface area contributed by atoms with Crippen LogP contribution in [0, 0.1) is 20.2 Å². The largest absolute Gasteiger partial charge is 0.416 e. The molecule has 0 aliphatic heterocycles. The lowest BCUT2D eigenvalue weighted by atomic mass is 10.2. The van der Waals surface area contributed by atoms with E-state index in [2.05, 4.69) is 16.2 Å². The summed E-state index contributed by atoms with van der Waals surface area (Å²) in [5.74, 6) is -2.04. The Balaban J connectivity index is 3.25. The van der Waals surface area contributed by atoms with Crippen molar-refractivity contribution in [2.75, 3.05) is 0 Å². The summed E-state index contributed by atoms with van der Waals surface area (Å²) < 4.78 is 4.58. The Morgan fingerprint density at radius 2 is 1.89 bits per heavy atom. The third kappa shape index (κ3) is 3.01. The molecule has 1 aromatic carbocycles. The number of nitro benzene ring substituents is 1. The number of ether oxygens (including phenoxy) is 1. The Kier molecular flexibility index (Phi) is 3.92. The van der Waals surface area contributed by atoms with Gasteiger partial charge in [-0.1, -0.05) is 12.6 Å². The maximum Gasteiger partial charge on any atom is 0.341 e. The van der Waals surface area contributed by atoms with Gasteiger partial charge in [0.2, 0.25) is 11.5 Å². The number of nitro groups is 1. The lowest BCUT2D eigenvalue weighted by Crippen LogP contribution is -2.09. The average molecular weight is 254 g/mol. The van der Waals surface area contributed by atoms with Crippen LogP contribution in [-0.4, -0.2) is 16.0 Å². The van der Waals surface area contributed by atoms with Crippen molar-refractivity contribution >= 4 is 11.7 Å². The third-order valence-corrected chi connectivity index (χ3v) is 1.69. The van der Waals surface area contributed by atoms with Crippen LogP contribution in [0.3, 0.4) is 0 Å². The average Bonchev–Trinajstić information content (AvgIpc) is 2.27. The number of rotatable bonds is 5. The summed E-state index contributed by atoms with van der Waals surface area (Å²) in [7, 11) is 0. The summed E-state index contributed by atoms with van der Waals surface area (Å²) in [6.45, 7) is 3.12. The van der Waals surface area contributed by atoms with Crippen LogP contribution in [0.4, 0.5) is 5.69 Å². The van der Waals surface area contributed by atoms with Gasteiger partial charge < -0.3 is 4.74 Å². The second-order valence-electron chi connectivity index (χ2n) is 2.80. The molecule has 0 saturated heterocycles. The van der Waals surface area contributed by atoms with Crippen molar-refractivity contribution in [3.63, 3.8) is 0 Å². The zero-order valence-electron chi connectivity index (χ0n) is 8.77. The Bertz CT molecular complexity index is 526.